The molecule has 0 spiro atoms. The summed E-state index contributed by atoms with van der Waals surface area (Å²) in [6.07, 6.45) is 0. The molecular weight excluding hydrogens is 362 g/mol. The third kappa shape index (κ3) is 4.76. The fourth-order valence-electron chi connectivity index (χ4n) is 3.07. The highest BCUT2D eigenvalue weighted by molar-refractivity contribution is 6.30. The minimum absolute atomic E-state index is 0.0921. The maximum Gasteiger partial charge on any atom is 0.208 e. The molecule has 0 aliphatic rings. The summed E-state index contributed by atoms with van der Waals surface area (Å²) in [6, 6.07) is 15.6. The largest absolute Gasteiger partial charge is 0.630 e. The molecule has 6 heteroatoms. The van der Waals surface area contributed by atoms with Crippen LogP contribution in [0.15, 0.2) is 52.9 Å². The van der Waals surface area contributed by atoms with Crippen molar-refractivity contribution in [3.63, 3.8) is 0 Å². The summed E-state index contributed by atoms with van der Waals surface area (Å²) in [4.78, 5) is 6.77. The van der Waals surface area contributed by atoms with Crippen molar-refractivity contribution < 1.29 is 9.90 Å². The molecule has 1 unspecified atom stereocenters. The molecule has 1 atom stereocenters. The first-order valence-electron chi connectivity index (χ1n) is 8.93. The highest BCUT2D eigenvalue weighted by atomic mass is 35.5. The smallest absolute Gasteiger partial charge is 0.208 e. The fraction of sp³-hybridized carbons (Fsp3) is 0.286. The number of rotatable bonds is 7. The van der Waals surface area contributed by atoms with E-state index in [1.165, 1.54) is 0 Å². The Bertz CT molecular complexity index is 873. The first kappa shape index (κ1) is 19.6. The first-order valence-corrected chi connectivity index (χ1v) is 9.31. The zero-order chi connectivity index (χ0) is 19.4. The van der Waals surface area contributed by atoms with Crippen LogP contribution in [0.2, 0.25) is 5.02 Å². The van der Waals surface area contributed by atoms with E-state index in [2.05, 4.69) is 16.8 Å². The fourth-order valence-corrected chi connectivity index (χ4v) is 3.20. The summed E-state index contributed by atoms with van der Waals surface area (Å²) in [7, 11) is 0. The number of benzene rings is 2. The predicted octanol–water partition coefficient (Wildman–Crippen LogP) is 4.40. The van der Waals surface area contributed by atoms with Crippen LogP contribution in [0.3, 0.4) is 0 Å². The summed E-state index contributed by atoms with van der Waals surface area (Å²) in [5.74, 6) is 1.51. The minimum atomic E-state index is 0.0921. The lowest BCUT2D eigenvalue weighted by atomic mass is 10.1. The zero-order valence-corrected chi connectivity index (χ0v) is 16.5. The van der Waals surface area contributed by atoms with Crippen molar-refractivity contribution in [2.24, 2.45) is 0 Å². The lowest BCUT2D eigenvalue weighted by Gasteiger charge is -2.29. The van der Waals surface area contributed by atoms with Gasteiger partial charge >= 0.3 is 0 Å². The van der Waals surface area contributed by atoms with Gasteiger partial charge in [0.2, 0.25) is 5.89 Å². The minimum Gasteiger partial charge on any atom is -0.630 e. The predicted molar refractivity (Wildman–Crippen MR) is 106 cm³/mol. The molecule has 1 aromatic heterocycles. The Balaban J connectivity index is 1.90. The molecule has 2 N–H and O–H groups in total. The van der Waals surface area contributed by atoms with Gasteiger partial charge in [-0.05, 0) is 44.5 Å². The average Bonchev–Trinajstić information content (AvgIpc) is 2.99. The van der Waals surface area contributed by atoms with Crippen molar-refractivity contribution in [3.05, 3.63) is 87.2 Å². The monoisotopic (exact) mass is 385 g/mol. The van der Waals surface area contributed by atoms with Gasteiger partial charge in [-0.1, -0.05) is 41.9 Å². The molecular formula is C21H24ClN3O2. The first-order chi connectivity index (χ1) is 13.0. The van der Waals surface area contributed by atoms with Gasteiger partial charge in [0.05, 0.1) is 12.2 Å². The third-order valence-electron chi connectivity index (χ3n) is 4.87. The van der Waals surface area contributed by atoms with Crippen LogP contribution < -0.4 is 5.48 Å². The van der Waals surface area contributed by atoms with E-state index in [9.17, 15) is 5.21 Å². The van der Waals surface area contributed by atoms with Crippen molar-refractivity contribution in [2.75, 3.05) is 0 Å². The van der Waals surface area contributed by atoms with E-state index in [1.54, 1.807) is 0 Å². The number of quaternary nitrogens is 1. The Hall–Kier alpha value is -2.18. The van der Waals surface area contributed by atoms with E-state index in [4.69, 9.17) is 16.0 Å². The van der Waals surface area contributed by atoms with E-state index in [0.29, 0.717) is 29.7 Å². The van der Waals surface area contributed by atoms with Crippen LogP contribution >= 0.6 is 11.6 Å². The molecule has 3 rings (SSSR count). The third-order valence-corrected chi connectivity index (χ3v) is 5.12. The van der Waals surface area contributed by atoms with Gasteiger partial charge in [-0.3, -0.25) is 4.90 Å². The van der Waals surface area contributed by atoms with Crippen LogP contribution in [0, 0.1) is 19.1 Å². The number of hydrogen-bond donors (Lipinski definition) is 1. The molecule has 0 saturated carbocycles. The zero-order valence-electron chi connectivity index (χ0n) is 15.8. The summed E-state index contributed by atoms with van der Waals surface area (Å²) in [6.45, 7) is 7.15. The number of aryl methyl sites for hydroxylation is 2. The molecule has 27 heavy (non-hydrogen) atoms. The molecule has 0 fully saturated rings. The van der Waals surface area contributed by atoms with Crippen molar-refractivity contribution in [3.8, 4) is 0 Å². The quantitative estimate of drug-likeness (QED) is 0.483. The van der Waals surface area contributed by atoms with Crippen LogP contribution in [0.4, 0.5) is 5.69 Å². The van der Waals surface area contributed by atoms with Crippen molar-refractivity contribution in [1.29, 1.82) is 0 Å². The van der Waals surface area contributed by atoms with Gasteiger partial charge in [0.25, 0.3) is 0 Å². The topological polar surface area (TPSA) is 68.9 Å². The van der Waals surface area contributed by atoms with E-state index < -0.39 is 0 Å². The number of hydrogen-bond acceptors (Lipinski definition) is 4. The average molecular weight is 386 g/mol. The number of oxazole rings is 1. The molecule has 142 valence electrons. The van der Waals surface area contributed by atoms with E-state index in [-0.39, 0.29) is 6.04 Å². The van der Waals surface area contributed by atoms with Crippen molar-refractivity contribution in [2.45, 2.75) is 39.9 Å². The number of aromatic nitrogens is 1. The lowest BCUT2D eigenvalue weighted by Crippen LogP contribution is -2.70. The van der Waals surface area contributed by atoms with Crippen LogP contribution in [0.5, 0.6) is 0 Å². The molecule has 0 aliphatic heterocycles. The second-order valence-electron chi connectivity index (χ2n) is 6.70. The number of halogens is 1. The van der Waals surface area contributed by atoms with Crippen LogP contribution in [-0.4, -0.2) is 9.88 Å². The molecule has 0 radical (unpaired) electrons. The molecule has 3 aromatic rings. The number of nitrogens with two attached hydrogens (primary N) is 1. The van der Waals surface area contributed by atoms with E-state index in [0.717, 1.165) is 28.1 Å². The van der Waals surface area contributed by atoms with E-state index in [1.807, 2.05) is 62.4 Å². The van der Waals surface area contributed by atoms with Crippen molar-refractivity contribution in [1.82, 2.24) is 9.88 Å². The molecule has 2 aromatic carbocycles. The molecule has 5 nitrogen and oxygen atoms in total. The Morgan fingerprint density at radius 1 is 1.11 bits per heavy atom. The molecule has 0 amide bonds. The van der Waals surface area contributed by atoms with Crippen LogP contribution in [-0.2, 0) is 13.1 Å². The Labute approximate surface area is 164 Å². The van der Waals surface area contributed by atoms with Gasteiger partial charge in [0.1, 0.15) is 11.4 Å². The molecule has 0 saturated heterocycles. The maximum atomic E-state index is 11.4. The SMILES string of the molecule is Cc1nc(CN(Cc2ccccc2[NH2+][O-])C(C)c2ccc(Cl)cc2)oc1C. The molecule has 0 aliphatic carbocycles. The van der Waals surface area contributed by atoms with Gasteiger partial charge < -0.3 is 15.1 Å². The van der Waals surface area contributed by atoms with Crippen LogP contribution in [0.25, 0.3) is 0 Å². The maximum absolute atomic E-state index is 11.4. The highest BCUT2D eigenvalue weighted by Crippen LogP contribution is 2.27. The van der Waals surface area contributed by atoms with Gasteiger partial charge in [-0.25, -0.2) is 4.98 Å². The molecule has 0 bridgehead atoms. The Morgan fingerprint density at radius 3 is 2.44 bits per heavy atom. The van der Waals surface area contributed by atoms with Crippen LogP contribution in [0.1, 0.15) is 41.4 Å². The van der Waals surface area contributed by atoms with Gasteiger partial charge in [0.15, 0.2) is 0 Å². The van der Waals surface area contributed by atoms with E-state index >= 15 is 0 Å². The summed E-state index contributed by atoms with van der Waals surface area (Å²) >= 11 is 6.04. The highest BCUT2D eigenvalue weighted by Gasteiger charge is 2.21. The Kier molecular flexibility index (Phi) is 6.29. The van der Waals surface area contributed by atoms with Gasteiger partial charge in [-0.15, -0.1) is 0 Å². The standard InChI is InChI=1S/C21H24ClN3O2/c1-14-16(3)27-21(23-14)13-25(12-18-6-4-5-7-20(18)24-26)15(2)17-8-10-19(22)11-9-17/h4-11,15H,12-13,24H2,1-3H3. The second-order valence-corrected chi connectivity index (χ2v) is 7.13. The number of nitrogens with zero attached hydrogens (tertiary/aromatic N) is 2. The van der Waals surface area contributed by atoms with Gasteiger partial charge in [0, 0.05) is 23.2 Å². The van der Waals surface area contributed by atoms with Crippen molar-refractivity contribution >= 4 is 17.3 Å². The Morgan fingerprint density at radius 2 is 1.81 bits per heavy atom. The van der Waals surface area contributed by atoms with Gasteiger partial charge in [-0.2, -0.15) is 0 Å². The normalized spacial score (nSPS) is 12.5. The second kappa shape index (κ2) is 8.67. The summed E-state index contributed by atoms with van der Waals surface area (Å²) in [5.41, 5.74) is 4.62. The summed E-state index contributed by atoms with van der Waals surface area (Å²) < 4.78 is 5.80. The molecule has 1 heterocycles. The summed E-state index contributed by atoms with van der Waals surface area (Å²) in [5, 5.41) is 12.1. The lowest BCUT2D eigenvalue weighted by molar-refractivity contribution is -0.497.